The third-order valence-corrected chi connectivity index (χ3v) is 3.80. The number of ketones is 1. The van der Waals surface area contributed by atoms with Crippen molar-refractivity contribution in [2.24, 2.45) is 0 Å². The summed E-state index contributed by atoms with van der Waals surface area (Å²) in [5, 5.41) is 12.8. The van der Waals surface area contributed by atoms with Crippen molar-refractivity contribution < 1.29 is 13.2 Å². The maximum Gasteiger partial charge on any atom is 0.240 e. The number of carbonyl (C=O) groups excluding carboxylic acids is 1. The zero-order chi connectivity index (χ0) is 13.9. The third-order valence-electron chi connectivity index (χ3n) is 2.38. The number of hydrogen-bond donors (Lipinski definition) is 2. The van der Waals surface area contributed by atoms with Crippen LogP contribution in [0.2, 0.25) is 0 Å². The molecule has 0 radical (unpaired) electrons. The van der Waals surface area contributed by atoms with Crippen LogP contribution in [0.1, 0.15) is 23.1 Å². The van der Waals surface area contributed by atoms with Gasteiger partial charge in [-0.1, -0.05) is 17.3 Å². The minimum Gasteiger partial charge on any atom is -0.295 e. The average Bonchev–Trinajstić information content (AvgIpc) is 2.90. The number of nitrogens with zero attached hydrogens (tertiary/aromatic N) is 3. The molecule has 8 nitrogen and oxygen atoms in total. The summed E-state index contributed by atoms with van der Waals surface area (Å²) in [6.07, 6.45) is 0. The van der Waals surface area contributed by atoms with Crippen LogP contribution in [0.5, 0.6) is 0 Å². The van der Waals surface area contributed by atoms with Gasteiger partial charge >= 0.3 is 0 Å². The lowest BCUT2D eigenvalue weighted by molar-refractivity contribution is 0.101. The Labute approximate surface area is 109 Å². The van der Waals surface area contributed by atoms with Gasteiger partial charge in [0.2, 0.25) is 10.0 Å². The summed E-state index contributed by atoms with van der Waals surface area (Å²) in [6, 6.07) is 5.67. The first-order valence-corrected chi connectivity index (χ1v) is 6.80. The molecule has 1 aromatic heterocycles. The monoisotopic (exact) mass is 281 g/mol. The summed E-state index contributed by atoms with van der Waals surface area (Å²) in [6.45, 7) is 1.35. The predicted molar refractivity (Wildman–Crippen MR) is 64.6 cm³/mol. The molecule has 0 bridgehead atoms. The molecule has 0 amide bonds. The number of aromatic amines is 1. The van der Waals surface area contributed by atoms with Gasteiger partial charge in [0.15, 0.2) is 11.6 Å². The van der Waals surface area contributed by atoms with Crippen molar-refractivity contribution in [1.29, 1.82) is 0 Å². The fourth-order valence-electron chi connectivity index (χ4n) is 1.37. The van der Waals surface area contributed by atoms with Crippen LogP contribution in [0.4, 0.5) is 0 Å². The van der Waals surface area contributed by atoms with Crippen LogP contribution in [-0.2, 0) is 16.6 Å². The second kappa shape index (κ2) is 5.24. The highest BCUT2D eigenvalue weighted by atomic mass is 32.2. The quantitative estimate of drug-likeness (QED) is 0.738. The van der Waals surface area contributed by atoms with E-state index in [-0.39, 0.29) is 23.0 Å². The number of sulfonamides is 1. The van der Waals surface area contributed by atoms with Crippen LogP contribution < -0.4 is 4.72 Å². The van der Waals surface area contributed by atoms with Gasteiger partial charge in [0.1, 0.15) is 0 Å². The van der Waals surface area contributed by atoms with Crippen LogP contribution in [0.15, 0.2) is 29.2 Å². The Morgan fingerprint density at radius 2 is 2.00 bits per heavy atom. The van der Waals surface area contributed by atoms with E-state index in [9.17, 15) is 13.2 Å². The molecular weight excluding hydrogens is 270 g/mol. The smallest absolute Gasteiger partial charge is 0.240 e. The molecule has 9 heteroatoms. The molecule has 19 heavy (non-hydrogen) atoms. The fraction of sp³-hybridized carbons (Fsp3) is 0.200. The molecule has 0 atom stereocenters. The Hall–Kier alpha value is -2.13. The van der Waals surface area contributed by atoms with Gasteiger partial charge in [-0.25, -0.2) is 13.1 Å². The van der Waals surface area contributed by atoms with Gasteiger partial charge in [0, 0.05) is 5.56 Å². The first kappa shape index (κ1) is 13.3. The Bertz CT molecular complexity index is 664. The van der Waals surface area contributed by atoms with E-state index in [0.717, 1.165) is 0 Å². The second-order valence-corrected chi connectivity index (χ2v) is 5.50. The predicted octanol–water partition coefficient (Wildman–Crippen LogP) is -0.119. The number of hydrogen-bond acceptors (Lipinski definition) is 6. The molecule has 100 valence electrons. The van der Waals surface area contributed by atoms with Gasteiger partial charge in [-0.2, -0.15) is 5.21 Å². The molecule has 0 saturated carbocycles. The van der Waals surface area contributed by atoms with Crippen molar-refractivity contribution in [3.63, 3.8) is 0 Å². The van der Waals surface area contributed by atoms with E-state index in [1.165, 1.54) is 31.2 Å². The number of tetrazole rings is 1. The molecule has 0 unspecified atom stereocenters. The van der Waals surface area contributed by atoms with Crippen molar-refractivity contribution in [3.8, 4) is 0 Å². The zero-order valence-electron chi connectivity index (χ0n) is 9.99. The van der Waals surface area contributed by atoms with E-state index < -0.39 is 10.0 Å². The number of aromatic nitrogens is 4. The van der Waals surface area contributed by atoms with E-state index in [0.29, 0.717) is 5.56 Å². The lowest BCUT2D eigenvalue weighted by Crippen LogP contribution is -2.23. The summed E-state index contributed by atoms with van der Waals surface area (Å²) in [5.74, 6) is 0.118. The summed E-state index contributed by atoms with van der Waals surface area (Å²) < 4.78 is 26.2. The van der Waals surface area contributed by atoms with E-state index in [4.69, 9.17) is 0 Å². The Morgan fingerprint density at radius 3 is 2.53 bits per heavy atom. The molecule has 0 aliphatic carbocycles. The van der Waals surface area contributed by atoms with Crippen molar-refractivity contribution in [2.45, 2.75) is 18.4 Å². The van der Waals surface area contributed by atoms with Crippen molar-refractivity contribution >= 4 is 15.8 Å². The normalized spacial score (nSPS) is 11.4. The third kappa shape index (κ3) is 3.20. The van der Waals surface area contributed by atoms with Gasteiger partial charge in [0.25, 0.3) is 0 Å². The lowest BCUT2D eigenvalue weighted by Gasteiger charge is -2.05. The molecular formula is C10H11N5O3S. The van der Waals surface area contributed by atoms with Crippen molar-refractivity contribution in [3.05, 3.63) is 35.7 Å². The molecule has 0 saturated heterocycles. The maximum absolute atomic E-state index is 11.9. The van der Waals surface area contributed by atoms with E-state index in [1.807, 2.05) is 0 Å². The van der Waals surface area contributed by atoms with E-state index in [2.05, 4.69) is 25.3 Å². The number of H-pyrrole nitrogens is 1. The molecule has 1 heterocycles. The number of nitrogens with one attached hydrogen (secondary N) is 2. The molecule has 0 aliphatic heterocycles. The van der Waals surface area contributed by atoms with Crippen LogP contribution >= 0.6 is 0 Å². The highest BCUT2D eigenvalue weighted by Crippen LogP contribution is 2.11. The van der Waals surface area contributed by atoms with Gasteiger partial charge in [0.05, 0.1) is 11.4 Å². The molecule has 2 N–H and O–H groups in total. The molecule has 2 aromatic rings. The van der Waals surface area contributed by atoms with Gasteiger partial charge < -0.3 is 0 Å². The highest BCUT2D eigenvalue weighted by Gasteiger charge is 2.15. The molecule has 0 aliphatic rings. The first-order valence-electron chi connectivity index (χ1n) is 5.32. The largest absolute Gasteiger partial charge is 0.295 e. The van der Waals surface area contributed by atoms with E-state index in [1.54, 1.807) is 0 Å². The number of Topliss-reactive ketones (excluding diaryl/α,β-unsaturated/α-hetero) is 1. The molecule has 2 rings (SSSR count). The lowest BCUT2D eigenvalue weighted by atomic mass is 10.2. The summed E-state index contributed by atoms with van der Waals surface area (Å²) in [4.78, 5) is 11.2. The molecule has 0 fully saturated rings. The van der Waals surface area contributed by atoms with Gasteiger partial charge in [-0.05, 0) is 19.1 Å². The zero-order valence-corrected chi connectivity index (χ0v) is 10.8. The van der Waals surface area contributed by atoms with E-state index >= 15 is 0 Å². The van der Waals surface area contributed by atoms with Crippen LogP contribution in [-0.4, -0.2) is 34.8 Å². The van der Waals surface area contributed by atoms with Gasteiger partial charge in [-0.15, -0.1) is 10.2 Å². The van der Waals surface area contributed by atoms with Gasteiger partial charge in [-0.3, -0.25) is 4.79 Å². The topological polar surface area (TPSA) is 118 Å². The standard InChI is InChI=1S/C10H11N5O3S/c1-7(16)8-2-4-9(5-3-8)19(17,18)11-6-10-12-14-15-13-10/h2-5,11H,6H2,1H3,(H,12,13,14,15). The van der Waals surface area contributed by atoms with Crippen LogP contribution in [0.25, 0.3) is 0 Å². The maximum atomic E-state index is 11.9. The summed E-state index contributed by atoms with van der Waals surface area (Å²) in [5.41, 5.74) is 0.456. The second-order valence-electron chi connectivity index (χ2n) is 3.73. The van der Waals surface area contributed by atoms with Crippen molar-refractivity contribution in [1.82, 2.24) is 25.3 Å². The number of carbonyl (C=O) groups is 1. The minimum absolute atomic E-state index is 0.0622. The summed E-state index contributed by atoms with van der Waals surface area (Å²) in [7, 11) is -3.66. The first-order chi connectivity index (χ1) is 8.99. The SMILES string of the molecule is CC(=O)c1ccc(S(=O)(=O)NCc2nn[nH]n2)cc1. The molecule has 1 aromatic carbocycles. The summed E-state index contributed by atoms with van der Waals surface area (Å²) >= 11 is 0. The van der Waals surface area contributed by atoms with Crippen molar-refractivity contribution in [2.75, 3.05) is 0 Å². The Balaban J connectivity index is 2.13. The fourth-order valence-corrected chi connectivity index (χ4v) is 2.35. The molecule has 0 spiro atoms. The number of rotatable bonds is 5. The Kier molecular flexibility index (Phi) is 3.67. The minimum atomic E-state index is -3.66. The van der Waals surface area contributed by atoms with Crippen LogP contribution in [0.3, 0.4) is 0 Å². The highest BCUT2D eigenvalue weighted by molar-refractivity contribution is 7.89. The van der Waals surface area contributed by atoms with Crippen LogP contribution in [0, 0.1) is 0 Å². The Morgan fingerprint density at radius 1 is 1.32 bits per heavy atom. The average molecular weight is 281 g/mol. The number of benzene rings is 1.